The molecule has 0 spiro atoms. The molecule has 0 heterocycles. The highest BCUT2D eigenvalue weighted by Gasteiger charge is 2.03. The highest BCUT2D eigenvalue weighted by atomic mass is 16.5. The number of aliphatic hydroxyl groups is 1. The summed E-state index contributed by atoms with van der Waals surface area (Å²) in [6.45, 7) is 3.60. The molecule has 0 saturated heterocycles. The Labute approximate surface area is 108 Å². The van der Waals surface area contributed by atoms with Crippen molar-refractivity contribution in [3.63, 3.8) is 0 Å². The summed E-state index contributed by atoms with van der Waals surface area (Å²) < 4.78 is 5.33. The first-order chi connectivity index (χ1) is 8.76. The smallest absolute Gasteiger partial charge is 0.0991 e. The number of nitriles is 1. The fraction of sp³-hybridized carbons (Fsp3) is 0.500. The van der Waals surface area contributed by atoms with Crippen LogP contribution in [0.15, 0.2) is 24.3 Å². The van der Waals surface area contributed by atoms with Crippen molar-refractivity contribution in [1.82, 2.24) is 0 Å². The Morgan fingerprint density at radius 2 is 2.11 bits per heavy atom. The van der Waals surface area contributed by atoms with Gasteiger partial charge in [-0.3, -0.25) is 0 Å². The second-order valence-corrected chi connectivity index (χ2v) is 4.15. The summed E-state index contributed by atoms with van der Waals surface area (Å²) in [6, 6.07) is 9.19. The Kier molecular flexibility index (Phi) is 6.85. The van der Waals surface area contributed by atoms with Crippen LogP contribution < -0.4 is 5.32 Å². The molecule has 0 bridgehead atoms. The fourth-order valence-electron chi connectivity index (χ4n) is 1.42. The number of rotatable bonds is 8. The Bertz CT molecular complexity index is 370. The lowest BCUT2D eigenvalue weighted by Crippen LogP contribution is -2.25. The molecule has 0 aliphatic heterocycles. The van der Waals surface area contributed by atoms with Gasteiger partial charge in [0.05, 0.1) is 24.3 Å². The summed E-state index contributed by atoms with van der Waals surface area (Å²) in [5.74, 6) is 0. The summed E-state index contributed by atoms with van der Waals surface area (Å²) in [4.78, 5) is 0. The van der Waals surface area contributed by atoms with Gasteiger partial charge >= 0.3 is 0 Å². The molecule has 4 heteroatoms. The summed E-state index contributed by atoms with van der Waals surface area (Å²) in [7, 11) is 0. The molecule has 18 heavy (non-hydrogen) atoms. The normalized spacial score (nSPS) is 11.8. The molecular weight excluding hydrogens is 228 g/mol. The molecule has 1 unspecified atom stereocenters. The van der Waals surface area contributed by atoms with Gasteiger partial charge in [0.15, 0.2) is 0 Å². The van der Waals surface area contributed by atoms with Crippen LogP contribution in [-0.4, -0.2) is 31.0 Å². The molecule has 0 saturated carbocycles. The van der Waals surface area contributed by atoms with Crippen molar-refractivity contribution >= 4 is 5.69 Å². The maximum absolute atomic E-state index is 9.67. The van der Waals surface area contributed by atoms with Crippen LogP contribution in [0, 0.1) is 11.3 Å². The van der Waals surface area contributed by atoms with Gasteiger partial charge in [0, 0.05) is 18.8 Å². The average Bonchev–Trinajstić information content (AvgIpc) is 2.42. The molecule has 1 atom stereocenters. The van der Waals surface area contributed by atoms with E-state index in [-0.39, 0.29) is 0 Å². The predicted molar refractivity (Wildman–Crippen MR) is 71.4 cm³/mol. The van der Waals surface area contributed by atoms with Gasteiger partial charge in [-0.25, -0.2) is 0 Å². The zero-order valence-corrected chi connectivity index (χ0v) is 10.7. The largest absolute Gasteiger partial charge is 0.389 e. The van der Waals surface area contributed by atoms with E-state index in [2.05, 4.69) is 18.3 Å². The fourth-order valence-corrected chi connectivity index (χ4v) is 1.42. The van der Waals surface area contributed by atoms with Gasteiger partial charge in [0.25, 0.3) is 0 Å². The van der Waals surface area contributed by atoms with Gasteiger partial charge in [-0.15, -0.1) is 0 Å². The number of nitrogens with zero attached hydrogens (tertiary/aromatic N) is 1. The van der Waals surface area contributed by atoms with Crippen molar-refractivity contribution in [3.8, 4) is 6.07 Å². The molecule has 0 aliphatic carbocycles. The maximum atomic E-state index is 9.67. The Morgan fingerprint density at radius 1 is 1.39 bits per heavy atom. The van der Waals surface area contributed by atoms with Gasteiger partial charge in [0.2, 0.25) is 0 Å². The highest BCUT2D eigenvalue weighted by Crippen LogP contribution is 2.08. The lowest BCUT2D eigenvalue weighted by Gasteiger charge is -2.13. The third-order valence-electron chi connectivity index (χ3n) is 2.51. The van der Waals surface area contributed by atoms with E-state index in [9.17, 15) is 5.11 Å². The molecule has 1 aromatic carbocycles. The Morgan fingerprint density at radius 3 is 2.72 bits per heavy atom. The molecule has 0 aromatic heterocycles. The van der Waals surface area contributed by atoms with Crippen molar-refractivity contribution in [3.05, 3.63) is 29.8 Å². The van der Waals surface area contributed by atoms with E-state index in [0.717, 1.165) is 18.5 Å². The summed E-state index contributed by atoms with van der Waals surface area (Å²) in [5, 5.41) is 21.4. The van der Waals surface area contributed by atoms with E-state index >= 15 is 0 Å². The van der Waals surface area contributed by atoms with E-state index in [4.69, 9.17) is 10.00 Å². The topological polar surface area (TPSA) is 65.3 Å². The molecule has 2 N–H and O–H groups in total. The summed E-state index contributed by atoms with van der Waals surface area (Å²) in [5.41, 5.74) is 1.52. The number of nitrogens with one attached hydrogen (secondary N) is 1. The van der Waals surface area contributed by atoms with Gasteiger partial charge in [-0.1, -0.05) is 13.3 Å². The van der Waals surface area contributed by atoms with Crippen molar-refractivity contribution in [2.45, 2.75) is 25.9 Å². The third kappa shape index (κ3) is 5.67. The molecule has 1 rings (SSSR count). The lowest BCUT2D eigenvalue weighted by molar-refractivity contribution is 0.0422. The van der Waals surface area contributed by atoms with Gasteiger partial charge in [0.1, 0.15) is 0 Å². The zero-order valence-electron chi connectivity index (χ0n) is 10.7. The molecule has 98 valence electrons. The van der Waals surface area contributed by atoms with E-state index in [0.29, 0.717) is 25.3 Å². The van der Waals surface area contributed by atoms with E-state index in [1.165, 1.54) is 0 Å². The van der Waals surface area contributed by atoms with E-state index in [1.54, 1.807) is 12.1 Å². The Hall–Kier alpha value is -1.57. The monoisotopic (exact) mass is 248 g/mol. The van der Waals surface area contributed by atoms with Crippen LogP contribution in [0.1, 0.15) is 25.3 Å². The van der Waals surface area contributed by atoms with Crippen LogP contribution >= 0.6 is 0 Å². The molecule has 0 fully saturated rings. The number of hydrogen-bond acceptors (Lipinski definition) is 4. The van der Waals surface area contributed by atoms with Crippen molar-refractivity contribution in [2.75, 3.05) is 25.1 Å². The van der Waals surface area contributed by atoms with Crippen molar-refractivity contribution in [2.24, 2.45) is 0 Å². The number of ether oxygens (including phenoxy) is 1. The quantitative estimate of drug-likeness (QED) is 0.692. The Balaban J connectivity index is 2.21. The summed E-state index contributed by atoms with van der Waals surface area (Å²) in [6.07, 6.45) is 1.60. The molecule has 0 amide bonds. The maximum Gasteiger partial charge on any atom is 0.0991 e. The van der Waals surface area contributed by atoms with Gasteiger partial charge < -0.3 is 15.2 Å². The molecule has 0 radical (unpaired) electrons. The number of anilines is 1. The van der Waals surface area contributed by atoms with Crippen LogP contribution in [0.3, 0.4) is 0 Å². The zero-order chi connectivity index (χ0) is 13.2. The minimum Gasteiger partial charge on any atom is -0.389 e. The minimum absolute atomic E-state index is 0.350. The van der Waals surface area contributed by atoms with Crippen LogP contribution in [0.2, 0.25) is 0 Å². The number of hydrogen-bond donors (Lipinski definition) is 2. The van der Waals surface area contributed by atoms with Gasteiger partial charge in [-0.05, 0) is 30.7 Å². The second kappa shape index (κ2) is 8.51. The number of unbranched alkanes of at least 4 members (excludes halogenated alkanes) is 1. The second-order valence-electron chi connectivity index (χ2n) is 4.15. The third-order valence-corrected chi connectivity index (χ3v) is 2.51. The van der Waals surface area contributed by atoms with E-state index < -0.39 is 6.10 Å². The predicted octanol–water partition coefficient (Wildman–Crippen LogP) is 2.15. The molecule has 1 aromatic rings. The first-order valence-electron chi connectivity index (χ1n) is 6.26. The molecule has 4 nitrogen and oxygen atoms in total. The van der Waals surface area contributed by atoms with Crippen LogP contribution in [0.4, 0.5) is 5.69 Å². The van der Waals surface area contributed by atoms with Crippen LogP contribution in [0.5, 0.6) is 0 Å². The van der Waals surface area contributed by atoms with Crippen molar-refractivity contribution in [1.29, 1.82) is 5.26 Å². The van der Waals surface area contributed by atoms with Crippen molar-refractivity contribution < 1.29 is 9.84 Å². The molecular formula is C14H20N2O2. The first-order valence-corrected chi connectivity index (χ1v) is 6.26. The summed E-state index contributed by atoms with van der Waals surface area (Å²) >= 11 is 0. The number of aliphatic hydroxyl groups excluding tert-OH is 1. The first kappa shape index (κ1) is 14.5. The highest BCUT2D eigenvalue weighted by molar-refractivity contribution is 5.47. The average molecular weight is 248 g/mol. The van der Waals surface area contributed by atoms with Crippen LogP contribution in [0.25, 0.3) is 0 Å². The van der Waals surface area contributed by atoms with Crippen LogP contribution in [-0.2, 0) is 4.74 Å². The minimum atomic E-state index is -0.516. The number of benzene rings is 1. The lowest BCUT2D eigenvalue weighted by atomic mass is 10.2. The van der Waals surface area contributed by atoms with E-state index in [1.807, 2.05) is 12.1 Å². The molecule has 0 aliphatic rings. The standard InChI is InChI=1S/C14H20N2O2/c1-2-3-8-18-11-14(17)10-16-13-6-4-12(9-15)5-7-13/h4-7,14,16-17H,2-3,8,10-11H2,1H3. The van der Waals surface area contributed by atoms with Gasteiger partial charge in [-0.2, -0.15) is 5.26 Å². The SMILES string of the molecule is CCCCOCC(O)CNc1ccc(C#N)cc1.